The summed E-state index contributed by atoms with van der Waals surface area (Å²) in [6.07, 6.45) is 1.90. The molecule has 104 valence electrons. The number of hydrogen-bond donors (Lipinski definition) is 2. The summed E-state index contributed by atoms with van der Waals surface area (Å²) in [5, 5.41) is 13.6. The second kappa shape index (κ2) is 6.26. The molecule has 0 aliphatic carbocycles. The first-order valence-electron chi connectivity index (χ1n) is 6.63. The van der Waals surface area contributed by atoms with Gasteiger partial charge in [-0.25, -0.2) is 0 Å². The highest BCUT2D eigenvalue weighted by Gasteiger charge is 2.26. The van der Waals surface area contributed by atoms with Gasteiger partial charge in [-0.3, -0.25) is 4.79 Å². The number of hydrogen-bond acceptors (Lipinski definition) is 3. The Morgan fingerprint density at radius 1 is 1.47 bits per heavy atom. The number of phenols is 1. The zero-order valence-corrected chi connectivity index (χ0v) is 11.8. The predicted molar refractivity (Wildman–Crippen MR) is 75.7 cm³/mol. The van der Waals surface area contributed by atoms with Crippen LogP contribution in [0.3, 0.4) is 0 Å². The van der Waals surface area contributed by atoms with E-state index in [9.17, 15) is 9.90 Å². The Labute approximate surface area is 118 Å². The lowest BCUT2D eigenvalue weighted by Crippen LogP contribution is -2.46. The molecule has 0 atom stereocenters. The molecule has 5 heteroatoms. The first-order valence-corrected chi connectivity index (χ1v) is 7.01. The van der Waals surface area contributed by atoms with E-state index in [1.807, 2.05) is 11.8 Å². The number of nitrogens with zero attached hydrogens (tertiary/aromatic N) is 1. The third-order valence-electron chi connectivity index (χ3n) is 3.54. The highest BCUT2D eigenvalue weighted by molar-refractivity contribution is 6.30. The van der Waals surface area contributed by atoms with E-state index in [0.717, 1.165) is 25.9 Å². The number of benzene rings is 1. The summed E-state index contributed by atoms with van der Waals surface area (Å²) in [5.74, 6) is -0.173. The fraction of sp³-hybridized carbons (Fsp3) is 0.500. The molecule has 1 heterocycles. The fourth-order valence-electron chi connectivity index (χ4n) is 2.53. The van der Waals surface area contributed by atoms with Crippen molar-refractivity contribution >= 4 is 17.5 Å². The summed E-state index contributed by atoms with van der Waals surface area (Å²) in [7, 11) is 0. The van der Waals surface area contributed by atoms with Crippen LogP contribution in [0.15, 0.2) is 18.2 Å². The van der Waals surface area contributed by atoms with Gasteiger partial charge in [-0.1, -0.05) is 11.6 Å². The van der Waals surface area contributed by atoms with Crippen LogP contribution in [0, 0.1) is 0 Å². The third-order valence-corrected chi connectivity index (χ3v) is 3.78. The third kappa shape index (κ3) is 3.19. The standard InChI is InChI=1S/C14H19ClN2O2/c1-2-17(11-5-7-16-8-6-11)14(19)12-4-3-10(15)9-13(12)18/h3-4,9,11,16,18H,2,5-8H2,1H3. The van der Waals surface area contributed by atoms with E-state index >= 15 is 0 Å². The average Bonchev–Trinajstić information content (AvgIpc) is 2.40. The molecular weight excluding hydrogens is 264 g/mol. The van der Waals surface area contributed by atoms with Crippen molar-refractivity contribution in [3.8, 4) is 5.75 Å². The maximum absolute atomic E-state index is 12.5. The molecule has 0 bridgehead atoms. The minimum absolute atomic E-state index is 0.0510. The van der Waals surface area contributed by atoms with E-state index in [2.05, 4.69) is 5.32 Å². The highest BCUT2D eigenvalue weighted by Crippen LogP contribution is 2.25. The van der Waals surface area contributed by atoms with Crippen molar-refractivity contribution < 1.29 is 9.90 Å². The van der Waals surface area contributed by atoms with Crippen molar-refractivity contribution in [2.24, 2.45) is 0 Å². The lowest BCUT2D eigenvalue weighted by atomic mass is 10.0. The SMILES string of the molecule is CCN(C(=O)c1ccc(Cl)cc1O)C1CCNCC1. The molecule has 0 spiro atoms. The molecule has 19 heavy (non-hydrogen) atoms. The number of piperidine rings is 1. The number of rotatable bonds is 3. The van der Waals surface area contributed by atoms with E-state index in [1.54, 1.807) is 12.1 Å². The van der Waals surface area contributed by atoms with Crippen LogP contribution in [0.2, 0.25) is 5.02 Å². The van der Waals surface area contributed by atoms with E-state index in [4.69, 9.17) is 11.6 Å². The van der Waals surface area contributed by atoms with Gasteiger partial charge in [0.05, 0.1) is 5.56 Å². The summed E-state index contributed by atoms with van der Waals surface area (Å²) < 4.78 is 0. The molecule has 1 saturated heterocycles. The van der Waals surface area contributed by atoms with Crippen molar-refractivity contribution in [3.05, 3.63) is 28.8 Å². The van der Waals surface area contributed by atoms with E-state index < -0.39 is 0 Å². The number of amides is 1. The van der Waals surface area contributed by atoms with Crippen LogP contribution in [-0.2, 0) is 0 Å². The van der Waals surface area contributed by atoms with Gasteiger partial charge in [0.2, 0.25) is 0 Å². The Balaban J connectivity index is 2.19. The normalized spacial score (nSPS) is 16.3. The van der Waals surface area contributed by atoms with Gasteiger partial charge >= 0.3 is 0 Å². The van der Waals surface area contributed by atoms with Gasteiger partial charge in [-0.05, 0) is 51.1 Å². The van der Waals surface area contributed by atoms with Crippen molar-refractivity contribution in [2.75, 3.05) is 19.6 Å². The highest BCUT2D eigenvalue weighted by atomic mass is 35.5. The van der Waals surface area contributed by atoms with E-state index in [0.29, 0.717) is 17.1 Å². The topological polar surface area (TPSA) is 52.6 Å². The summed E-state index contributed by atoms with van der Waals surface area (Å²) in [6, 6.07) is 4.87. The molecule has 4 nitrogen and oxygen atoms in total. The minimum Gasteiger partial charge on any atom is -0.507 e. The van der Waals surface area contributed by atoms with Gasteiger partial charge in [-0.15, -0.1) is 0 Å². The molecule has 1 aliphatic heterocycles. The van der Waals surface area contributed by atoms with E-state index in [-0.39, 0.29) is 17.7 Å². The Bertz CT molecular complexity index is 459. The van der Waals surface area contributed by atoms with Crippen molar-refractivity contribution in [1.82, 2.24) is 10.2 Å². The Morgan fingerprint density at radius 3 is 2.74 bits per heavy atom. The van der Waals surface area contributed by atoms with Gasteiger partial charge in [0.25, 0.3) is 5.91 Å². The first kappa shape index (κ1) is 14.2. The summed E-state index contributed by atoms with van der Waals surface area (Å²) >= 11 is 5.79. The molecule has 1 aliphatic rings. The smallest absolute Gasteiger partial charge is 0.257 e. The molecule has 2 N–H and O–H groups in total. The molecule has 0 radical (unpaired) electrons. The Hall–Kier alpha value is -1.26. The number of phenolic OH excluding ortho intramolecular Hbond substituents is 1. The number of carbonyl (C=O) groups is 1. The molecule has 1 fully saturated rings. The van der Waals surface area contributed by atoms with Gasteiger partial charge in [0, 0.05) is 17.6 Å². The molecule has 2 rings (SSSR count). The van der Waals surface area contributed by atoms with E-state index in [1.165, 1.54) is 6.07 Å². The van der Waals surface area contributed by atoms with Crippen molar-refractivity contribution in [3.63, 3.8) is 0 Å². The minimum atomic E-state index is -0.122. The van der Waals surface area contributed by atoms with Crippen LogP contribution < -0.4 is 5.32 Å². The lowest BCUT2D eigenvalue weighted by Gasteiger charge is -2.34. The predicted octanol–water partition coefficient (Wildman–Crippen LogP) is 2.26. The second-order valence-electron chi connectivity index (χ2n) is 4.73. The fourth-order valence-corrected chi connectivity index (χ4v) is 2.69. The van der Waals surface area contributed by atoms with Crippen LogP contribution in [0.25, 0.3) is 0 Å². The van der Waals surface area contributed by atoms with Gasteiger partial charge in [-0.2, -0.15) is 0 Å². The molecule has 0 aromatic heterocycles. The van der Waals surface area contributed by atoms with Crippen molar-refractivity contribution in [1.29, 1.82) is 0 Å². The number of halogens is 1. The molecular formula is C14H19ClN2O2. The molecule has 1 aromatic rings. The molecule has 1 aromatic carbocycles. The molecule has 0 unspecified atom stereocenters. The number of aromatic hydroxyl groups is 1. The summed E-state index contributed by atoms with van der Waals surface area (Å²) in [4.78, 5) is 14.3. The quantitative estimate of drug-likeness (QED) is 0.894. The largest absolute Gasteiger partial charge is 0.507 e. The van der Waals surface area contributed by atoms with Crippen LogP contribution >= 0.6 is 11.6 Å². The monoisotopic (exact) mass is 282 g/mol. The Morgan fingerprint density at radius 2 is 2.16 bits per heavy atom. The van der Waals surface area contributed by atoms with Gasteiger partial charge in [0.15, 0.2) is 0 Å². The zero-order chi connectivity index (χ0) is 13.8. The summed E-state index contributed by atoms with van der Waals surface area (Å²) in [5.41, 5.74) is 0.324. The zero-order valence-electron chi connectivity index (χ0n) is 11.0. The van der Waals surface area contributed by atoms with Crippen LogP contribution in [0.5, 0.6) is 5.75 Å². The Kier molecular flexibility index (Phi) is 4.66. The average molecular weight is 283 g/mol. The van der Waals surface area contributed by atoms with Crippen LogP contribution in [-0.4, -0.2) is 41.6 Å². The molecule has 0 saturated carbocycles. The molecule has 1 amide bonds. The number of carbonyl (C=O) groups excluding carboxylic acids is 1. The van der Waals surface area contributed by atoms with Gasteiger partial charge < -0.3 is 15.3 Å². The first-order chi connectivity index (χ1) is 9.13. The van der Waals surface area contributed by atoms with Crippen LogP contribution in [0.1, 0.15) is 30.1 Å². The van der Waals surface area contributed by atoms with Crippen molar-refractivity contribution in [2.45, 2.75) is 25.8 Å². The lowest BCUT2D eigenvalue weighted by molar-refractivity contribution is 0.0653. The second-order valence-corrected chi connectivity index (χ2v) is 5.17. The summed E-state index contributed by atoms with van der Waals surface area (Å²) in [6.45, 7) is 4.47. The maximum atomic E-state index is 12.5. The van der Waals surface area contributed by atoms with Gasteiger partial charge in [0.1, 0.15) is 5.75 Å². The maximum Gasteiger partial charge on any atom is 0.257 e. The van der Waals surface area contributed by atoms with Crippen LogP contribution in [0.4, 0.5) is 0 Å². The number of nitrogens with one attached hydrogen (secondary N) is 1.